The fraction of sp³-hybridized carbons (Fsp3) is 0.462. The lowest BCUT2D eigenvalue weighted by Crippen LogP contribution is -2.37. The highest BCUT2D eigenvalue weighted by atomic mass is 32.2. The van der Waals surface area contributed by atoms with Gasteiger partial charge in [0.2, 0.25) is 5.91 Å². The fourth-order valence-electron chi connectivity index (χ4n) is 1.59. The van der Waals surface area contributed by atoms with Crippen molar-refractivity contribution in [2.75, 3.05) is 5.75 Å². The number of nitrogens with one attached hydrogen (secondary N) is 1. The van der Waals surface area contributed by atoms with Crippen LogP contribution in [0.5, 0.6) is 0 Å². The van der Waals surface area contributed by atoms with Gasteiger partial charge in [-0.15, -0.1) is 0 Å². The third-order valence-electron chi connectivity index (χ3n) is 2.58. The SMILES string of the molecule is CCC(=O)N[C@H](C)CS(=O)(=O)c1ccc(C)cc1. The van der Waals surface area contributed by atoms with Crippen molar-refractivity contribution in [2.45, 2.75) is 38.1 Å². The van der Waals surface area contributed by atoms with Gasteiger partial charge in [0.05, 0.1) is 10.6 Å². The van der Waals surface area contributed by atoms with Crippen molar-refractivity contribution in [3.63, 3.8) is 0 Å². The van der Waals surface area contributed by atoms with E-state index in [1.54, 1.807) is 38.1 Å². The molecule has 0 saturated carbocycles. The number of benzene rings is 1. The van der Waals surface area contributed by atoms with Crippen LogP contribution in [-0.2, 0) is 14.6 Å². The highest BCUT2D eigenvalue weighted by Gasteiger charge is 2.19. The lowest BCUT2D eigenvalue weighted by molar-refractivity contribution is -0.121. The summed E-state index contributed by atoms with van der Waals surface area (Å²) in [5, 5.41) is 2.65. The second-order valence-corrected chi connectivity index (χ2v) is 6.45. The average molecular weight is 269 g/mol. The standard InChI is InChI=1S/C13H19NO3S/c1-4-13(15)14-11(3)9-18(16,17)12-7-5-10(2)6-8-12/h5-8,11H,4,9H2,1-3H3,(H,14,15)/t11-/m1/s1. The Morgan fingerprint density at radius 1 is 1.28 bits per heavy atom. The van der Waals surface area contributed by atoms with E-state index in [9.17, 15) is 13.2 Å². The summed E-state index contributed by atoms with van der Waals surface area (Å²) in [4.78, 5) is 11.5. The van der Waals surface area contributed by atoms with Crippen molar-refractivity contribution in [3.8, 4) is 0 Å². The summed E-state index contributed by atoms with van der Waals surface area (Å²) >= 11 is 0. The Morgan fingerprint density at radius 2 is 1.83 bits per heavy atom. The average Bonchev–Trinajstić information content (AvgIpc) is 2.28. The van der Waals surface area contributed by atoms with Crippen LogP contribution in [0.4, 0.5) is 0 Å². The van der Waals surface area contributed by atoms with E-state index in [1.807, 2.05) is 6.92 Å². The minimum atomic E-state index is -3.34. The molecule has 0 spiro atoms. The van der Waals surface area contributed by atoms with Gasteiger partial charge >= 0.3 is 0 Å². The van der Waals surface area contributed by atoms with E-state index in [0.717, 1.165) is 5.56 Å². The molecule has 1 aromatic carbocycles. The summed E-state index contributed by atoms with van der Waals surface area (Å²) < 4.78 is 24.1. The number of sulfone groups is 1. The first kappa shape index (κ1) is 14.7. The summed E-state index contributed by atoms with van der Waals surface area (Å²) in [6, 6.07) is 6.34. The normalized spacial score (nSPS) is 13.1. The second kappa shape index (κ2) is 6.00. The summed E-state index contributed by atoms with van der Waals surface area (Å²) in [6.45, 7) is 5.33. The van der Waals surface area contributed by atoms with E-state index >= 15 is 0 Å². The molecule has 0 radical (unpaired) electrons. The summed E-state index contributed by atoms with van der Waals surface area (Å²) in [6.07, 6.45) is 0.356. The first-order chi connectivity index (χ1) is 8.35. The number of carbonyl (C=O) groups excluding carboxylic acids is 1. The first-order valence-corrected chi connectivity index (χ1v) is 7.59. The van der Waals surface area contributed by atoms with Crippen LogP contribution in [0.15, 0.2) is 29.2 Å². The number of carbonyl (C=O) groups is 1. The van der Waals surface area contributed by atoms with E-state index in [1.165, 1.54) is 0 Å². The molecule has 0 aromatic heterocycles. The fourth-order valence-corrected chi connectivity index (χ4v) is 3.07. The molecule has 1 atom stereocenters. The molecule has 0 heterocycles. The van der Waals surface area contributed by atoms with Crippen LogP contribution in [0.3, 0.4) is 0 Å². The van der Waals surface area contributed by atoms with Gasteiger partial charge in [-0.3, -0.25) is 4.79 Å². The van der Waals surface area contributed by atoms with Gasteiger partial charge in [-0.05, 0) is 26.0 Å². The number of hydrogen-bond donors (Lipinski definition) is 1. The van der Waals surface area contributed by atoms with Gasteiger partial charge in [-0.1, -0.05) is 24.6 Å². The maximum atomic E-state index is 12.1. The van der Waals surface area contributed by atoms with Crippen molar-refractivity contribution in [1.29, 1.82) is 0 Å². The Hall–Kier alpha value is -1.36. The molecule has 18 heavy (non-hydrogen) atoms. The molecule has 0 fully saturated rings. The third-order valence-corrected chi connectivity index (χ3v) is 4.51. The molecule has 0 aliphatic carbocycles. The van der Waals surface area contributed by atoms with E-state index < -0.39 is 9.84 Å². The minimum absolute atomic E-state index is 0.0815. The Morgan fingerprint density at radius 3 is 2.33 bits per heavy atom. The molecule has 1 N–H and O–H groups in total. The van der Waals surface area contributed by atoms with Gasteiger partial charge in [-0.2, -0.15) is 0 Å². The van der Waals surface area contributed by atoms with Crippen molar-refractivity contribution < 1.29 is 13.2 Å². The van der Waals surface area contributed by atoms with Crippen molar-refractivity contribution in [3.05, 3.63) is 29.8 Å². The molecule has 1 rings (SSSR count). The highest BCUT2D eigenvalue weighted by molar-refractivity contribution is 7.91. The van der Waals surface area contributed by atoms with Crippen LogP contribution >= 0.6 is 0 Å². The second-order valence-electron chi connectivity index (χ2n) is 4.42. The molecule has 0 bridgehead atoms. The van der Waals surface area contributed by atoms with E-state index in [0.29, 0.717) is 11.3 Å². The Labute approximate surface area is 108 Å². The maximum absolute atomic E-state index is 12.1. The summed E-state index contributed by atoms with van der Waals surface area (Å²) in [5.41, 5.74) is 1.02. The monoisotopic (exact) mass is 269 g/mol. The molecule has 0 unspecified atom stereocenters. The third kappa shape index (κ3) is 4.14. The summed E-state index contributed by atoms with van der Waals surface area (Å²) in [5.74, 6) is -0.219. The quantitative estimate of drug-likeness (QED) is 0.884. The number of rotatable bonds is 5. The summed E-state index contributed by atoms with van der Waals surface area (Å²) in [7, 11) is -3.34. The molecular weight excluding hydrogens is 250 g/mol. The maximum Gasteiger partial charge on any atom is 0.219 e. The number of aryl methyl sites for hydroxylation is 1. The zero-order chi connectivity index (χ0) is 13.8. The highest BCUT2D eigenvalue weighted by Crippen LogP contribution is 2.13. The van der Waals surface area contributed by atoms with Crippen LogP contribution in [-0.4, -0.2) is 26.1 Å². The van der Waals surface area contributed by atoms with Gasteiger partial charge in [0.25, 0.3) is 0 Å². The van der Waals surface area contributed by atoms with Crippen LogP contribution in [0.1, 0.15) is 25.8 Å². The van der Waals surface area contributed by atoms with Crippen LogP contribution in [0.2, 0.25) is 0 Å². The van der Waals surface area contributed by atoms with Crippen molar-refractivity contribution in [1.82, 2.24) is 5.32 Å². The predicted molar refractivity (Wildman–Crippen MR) is 71.1 cm³/mol. The van der Waals surface area contributed by atoms with Gasteiger partial charge in [0.1, 0.15) is 0 Å². The van der Waals surface area contributed by atoms with Gasteiger partial charge < -0.3 is 5.32 Å². The predicted octanol–water partition coefficient (Wildman–Crippen LogP) is 1.68. The number of hydrogen-bond acceptors (Lipinski definition) is 3. The Kier molecular flexibility index (Phi) is 4.90. The molecular formula is C13H19NO3S. The molecule has 0 aliphatic rings. The molecule has 1 aromatic rings. The zero-order valence-electron chi connectivity index (χ0n) is 10.9. The first-order valence-electron chi connectivity index (χ1n) is 5.94. The lowest BCUT2D eigenvalue weighted by Gasteiger charge is -2.13. The van der Waals surface area contributed by atoms with Crippen molar-refractivity contribution >= 4 is 15.7 Å². The largest absolute Gasteiger partial charge is 0.353 e. The lowest BCUT2D eigenvalue weighted by atomic mass is 10.2. The van der Waals surface area contributed by atoms with E-state index in [-0.39, 0.29) is 17.7 Å². The molecule has 4 nitrogen and oxygen atoms in total. The molecule has 0 aliphatic heterocycles. The molecule has 0 saturated heterocycles. The molecule has 100 valence electrons. The molecule has 5 heteroatoms. The van der Waals surface area contributed by atoms with Gasteiger partial charge in [-0.25, -0.2) is 8.42 Å². The van der Waals surface area contributed by atoms with Crippen molar-refractivity contribution in [2.24, 2.45) is 0 Å². The van der Waals surface area contributed by atoms with Gasteiger partial charge in [0, 0.05) is 12.5 Å². The Balaban J connectivity index is 2.76. The number of amides is 1. The van der Waals surface area contributed by atoms with E-state index in [4.69, 9.17) is 0 Å². The van der Waals surface area contributed by atoms with Crippen LogP contribution in [0.25, 0.3) is 0 Å². The van der Waals surface area contributed by atoms with E-state index in [2.05, 4.69) is 5.32 Å². The minimum Gasteiger partial charge on any atom is -0.353 e. The van der Waals surface area contributed by atoms with Crippen LogP contribution < -0.4 is 5.32 Å². The Bertz CT molecular complexity index is 506. The topological polar surface area (TPSA) is 63.2 Å². The van der Waals surface area contributed by atoms with Gasteiger partial charge in [0.15, 0.2) is 9.84 Å². The zero-order valence-corrected chi connectivity index (χ0v) is 11.8. The van der Waals surface area contributed by atoms with Crippen LogP contribution in [0, 0.1) is 6.92 Å². The molecule has 1 amide bonds. The smallest absolute Gasteiger partial charge is 0.219 e.